The lowest BCUT2D eigenvalue weighted by Gasteiger charge is -2.30. The van der Waals surface area contributed by atoms with Crippen molar-refractivity contribution in [1.29, 1.82) is 0 Å². The summed E-state index contributed by atoms with van der Waals surface area (Å²) in [6.45, 7) is 0.879. The van der Waals surface area contributed by atoms with Gasteiger partial charge in [0.15, 0.2) is 0 Å². The molecule has 3 N–H and O–H groups in total. The number of rotatable bonds is 4. The second kappa shape index (κ2) is 5.72. The molecule has 1 aromatic heterocycles. The fraction of sp³-hybridized carbons (Fsp3) is 0.500. The predicted molar refractivity (Wildman–Crippen MR) is 67.7 cm³/mol. The van der Waals surface area contributed by atoms with E-state index in [-0.39, 0.29) is 23.9 Å². The van der Waals surface area contributed by atoms with Crippen molar-refractivity contribution in [1.82, 2.24) is 14.7 Å². The molecule has 0 bridgehead atoms. The van der Waals surface area contributed by atoms with Gasteiger partial charge >= 0.3 is 5.97 Å². The Morgan fingerprint density at radius 1 is 1.35 bits per heavy atom. The third-order valence-corrected chi connectivity index (χ3v) is 3.41. The minimum Gasteiger partial charge on any atom is -0.481 e. The predicted octanol–water partition coefficient (Wildman–Crippen LogP) is -0.695. The summed E-state index contributed by atoms with van der Waals surface area (Å²) in [5.74, 6) is -1.92. The van der Waals surface area contributed by atoms with Gasteiger partial charge in [0.25, 0.3) is 5.91 Å². The number of carboxylic acids is 1. The number of carbonyl (C=O) groups excluding carboxylic acids is 2. The van der Waals surface area contributed by atoms with E-state index in [2.05, 4.69) is 5.10 Å². The van der Waals surface area contributed by atoms with Gasteiger partial charge in [-0.05, 0) is 12.8 Å². The Hall–Kier alpha value is -2.38. The number of nitrogens with two attached hydrogens (primary N) is 1. The highest BCUT2D eigenvalue weighted by atomic mass is 16.4. The first-order chi connectivity index (χ1) is 9.47. The Morgan fingerprint density at radius 3 is 2.50 bits per heavy atom. The molecule has 0 aliphatic carbocycles. The van der Waals surface area contributed by atoms with Crippen molar-refractivity contribution in [3.63, 3.8) is 0 Å². The van der Waals surface area contributed by atoms with Crippen molar-refractivity contribution in [2.24, 2.45) is 11.7 Å². The van der Waals surface area contributed by atoms with Crippen LogP contribution in [-0.4, -0.2) is 50.7 Å². The standard InChI is InChI=1S/C12H16N4O4/c13-11(18)9-5-14-16(6-9)7-10(17)15-3-1-8(2-4-15)12(19)20/h5-6,8H,1-4,7H2,(H2,13,18)(H,19,20). The number of hydrogen-bond acceptors (Lipinski definition) is 4. The average molecular weight is 280 g/mol. The normalized spacial score (nSPS) is 16.1. The number of amides is 2. The lowest BCUT2D eigenvalue weighted by molar-refractivity contribution is -0.145. The van der Waals surface area contributed by atoms with Gasteiger partial charge in [-0.25, -0.2) is 0 Å². The Labute approximate surface area is 115 Å². The zero-order valence-electron chi connectivity index (χ0n) is 10.9. The number of primary amides is 1. The summed E-state index contributed by atoms with van der Waals surface area (Å²) in [6, 6.07) is 0. The molecule has 0 atom stereocenters. The number of likely N-dealkylation sites (tertiary alicyclic amines) is 1. The molecular formula is C12H16N4O4. The molecule has 0 saturated carbocycles. The van der Waals surface area contributed by atoms with Crippen LogP contribution in [0.4, 0.5) is 0 Å². The third-order valence-electron chi connectivity index (χ3n) is 3.41. The monoisotopic (exact) mass is 280 g/mol. The maximum atomic E-state index is 12.0. The molecule has 0 aromatic carbocycles. The van der Waals surface area contributed by atoms with Crippen molar-refractivity contribution in [3.05, 3.63) is 18.0 Å². The van der Waals surface area contributed by atoms with Crippen LogP contribution in [0.1, 0.15) is 23.2 Å². The molecule has 0 unspecified atom stereocenters. The van der Waals surface area contributed by atoms with E-state index in [4.69, 9.17) is 10.8 Å². The first-order valence-electron chi connectivity index (χ1n) is 6.30. The van der Waals surface area contributed by atoms with E-state index < -0.39 is 11.9 Å². The number of piperidine rings is 1. The molecule has 8 nitrogen and oxygen atoms in total. The summed E-state index contributed by atoms with van der Waals surface area (Å²) < 4.78 is 1.35. The summed E-state index contributed by atoms with van der Waals surface area (Å²) in [6.07, 6.45) is 3.66. The van der Waals surface area contributed by atoms with Crippen LogP contribution < -0.4 is 5.73 Å². The Kier molecular flexibility index (Phi) is 4.02. The van der Waals surface area contributed by atoms with Crippen molar-refractivity contribution >= 4 is 17.8 Å². The Balaban J connectivity index is 1.89. The highest BCUT2D eigenvalue weighted by molar-refractivity contribution is 5.92. The molecule has 0 spiro atoms. The van der Waals surface area contributed by atoms with Gasteiger partial charge in [0.2, 0.25) is 5.91 Å². The highest BCUT2D eigenvalue weighted by Gasteiger charge is 2.27. The lowest BCUT2D eigenvalue weighted by atomic mass is 9.97. The number of aromatic nitrogens is 2. The molecule has 1 aliphatic heterocycles. The number of carbonyl (C=O) groups is 3. The maximum absolute atomic E-state index is 12.0. The molecule has 20 heavy (non-hydrogen) atoms. The number of nitrogens with zero attached hydrogens (tertiary/aromatic N) is 3. The number of carboxylic acid groups (broad SMARTS) is 1. The molecule has 2 heterocycles. The van der Waals surface area contributed by atoms with Crippen LogP contribution in [0, 0.1) is 5.92 Å². The van der Waals surface area contributed by atoms with Gasteiger partial charge < -0.3 is 15.7 Å². The highest BCUT2D eigenvalue weighted by Crippen LogP contribution is 2.17. The summed E-state index contributed by atoms with van der Waals surface area (Å²) in [5, 5.41) is 12.8. The van der Waals surface area contributed by atoms with E-state index in [1.54, 1.807) is 4.90 Å². The smallest absolute Gasteiger partial charge is 0.306 e. The molecule has 1 fully saturated rings. The largest absolute Gasteiger partial charge is 0.481 e. The molecule has 2 rings (SSSR count). The molecule has 2 amide bonds. The summed E-state index contributed by atoms with van der Waals surface area (Å²) in [4.78, 5) is 35.4. The summed E-state index contributed by atoms with van der Waals surface area (Å²) in [7, 11) is 0. The topological polar surface area (TPSA) is 119 Å². The molecule has 0 radical (unpaired) electrons. The summed E-state index contributed by atoms with van der Waals surface area (Å²) >= 11 is 0. The molecule has 1 aromatic rings. The van der Waals surface area contributed by atoms with Crippen LogP contribution in [0.15, 0.2) is 12.4 Å². The van der Waals surface area contributed by atoms with Crippen molar-refractivity contribution < 1.29 is 19.5 Å². The summed E-state index contributed by atoms with van der Waals surface area (Å²) in [5.41, 5.74) is 5.35. The van der Waals surface area contributed by atoms with Crippen LogP contribution in [0.5, 0.6) is 0 Å². The molecule has 1 aliphatic rings. The van der Waals surface area contributed by atoms with Gasteiger partial charge in [0, 0.05) is 19.3 Å². The SMILES string of the molecule is NC(=O)c1cnn(CC(=O)N2CCC(C(=O)O)CC2)c1. The van der Waals surface area contributed by atoms with E-state index in [0.29, 0.717) is 25.9 Å². The Bertz CT molecular complexity index is 531. The van der Waals surface area contributed by atoms with E-state index >= 15 is 0 Å². The second-order valence-corrected chi connectivity index (χ2v) is 4.78. The molecule has 108 valence electrons. The van der Waals surface area contributed by atoms with Crippen molar-refractivity contribution in [2.75, 3.05) is 13.1 Å². The zero-order valence-corrected chi connectivity index (χ0v) is 10.9. The third kappa shape index (κ3) is 3.14. The minimum absolute atomic E-state index is 0.0189. The quantitative estimate of drug-likeness (QED) is 0.756. The first kappa shape index (κ1) is 14.0. The van der Waals surface area contributed by atoms with Gasteiger partial charge in [0.05, 0.1) is 17.7 Å². The number of hydrogen-bond donors (Lipinski definition) is 2. The van der Waals surface area contributed by atoms with Gasteiger partial charge in [-0.2, -0.15) is 5.10 Å². The van der Waals surface area contributed by atoms with Crippen LogP contribution in [0.25, 0.3) is 0 Å². The van der Waals surface area contributed by atoms with Gasteiger partial charge in [-0.15, -0.1) is 0 Å². The van der Waals surface area contributed by atoms with E-state index in [1.807, 2.05) is 0 Å². The van der Waals surface area contributed by atoms with Gasteiger partial charge in [-0.3, -0.25) is 19.1 Å². The fourth-order valence-corrected chi connectivity index (χ4v) is 2.19. The molecular weight excluding hydrogens is 264 g/mol. The van der Waals surface area contributed by atoms with Gasteiger partial charge in [-0.1, -0.05) is 0 Å². The first-order valence-corrected chi connectivity index (χ1v) is 6.30. The van der Waals surface area contributed by atoms with E-state index in [1.165, 1.54) is 17.1 Å². The average Bonchev–Trinajstić information content (AvgIpc) is 2.87. The van der Waals surface area contributed by atoms with E-state index in [9.17, 15) is 14.4 Å². The minimum atomic E-state index is -0.810. The van der Waals surface area contributed by atoms with Crippen LogP contribution in [0.3, 0.4) is 0 Å². The van der Waals surface area contributed by atoms with Crippen molar-refractivity contribution in [3.8, 4) is 0 Å². The van der Waals surface area contributed by atoms with Crippen LogP contribution in [-0.2, 0) is 16.1 Å². The molecule has 1 saturated heterocycles. The lowest BCUT2D eigenvalue weighted by Crippen LogP contribution is -2.41. The van der Waals surface area contributed by atoms with E-state index in [0.717, 1.165) is 0 Å². The molecule has 8 heteroatoms. The maximum Gasteiger partial charge on any atom is 0.306 e. The fourth-order valence-electron chi connectivity index (χ4n) is 2.19. The van der Waals surface area contributed by atoms with Crippen molar-refractivity contribution in [2.45, 2.75) is 19.4 Å². The second-order valence-electron chi connectivity index (χ2n) is 4.78. The number of aliphatic carboxylic acids is 1. The van der Waals surface area contributed by atoms with Gasteiger partial charge in [0.1, 0.15) is 6.54 Å². The van der Waals surface area contributed by atoms with Crippen LogP contribution in [0.2, 0.25) is 0 Å². The zero-order chi connectivity index (χ0) is 14.7. The van der Waals surface area contributed by atoms with Crippen LogP contribution >= 0.6 is 0 Å². The Morgan fingerprint density at radius 2 is 2.00 bits per heavy atom.